The molecule has 1 saturated heterocycles. The summed E-state index contributed by atoms with van der Waals surface area (Å²) in [7, 11) is 0. The quantitative estimate of drug-likeness (QED) is 0.104. The van der Waals surface area contributed by atoms with Crippen molar-refractivity contribution < 1.29 is 38.5 Å². The molecule has 14 nitrogen and oxygen atoms in total. The largest absolute Gasteiger partial charge is 0.513 e. The van der Waals surface area contributed by atoms with Crippen LogP contribution in [0.4, 0.5) is 9.59 Å². The number of carbonyl (C=O) groups excluding carboxylic acids is 4. The highest BCUT2D eigenvalue weighted by molar-refractivity contribution is 5.91. The molecule has 1 fully saturated rings. The van der Waals surface area contributed by atoms with Crippen molar-refractivity contribution in [3.63, 3.8) is 0 Å². The minimum absolute atomic E-state index is 0.0444. The second-order valence-corrected chi connectivity index (χ2v) is 9.15. The standard InChI is InChI=1S/C24H36N6O8/c1-14(2)12-36-23(34)29-18(13-37-24(35)38-16-8-5-4-6-9-16)20(32)27-15(3)19(31)28-17-10-7-11-30(21(17)33)22(25)26/h4-6,8-9,14-15,17-18,21,33H,7,10-13H2,1-3H3,(H3,25,26)(H,27,32)(H,28,31)(H,29,34). The Bertz CT molecular complexity index is 976. The molecule has 0 aliphatic carbocycles. The van der Waals surface area contributed by atoms with Crippen LogP contribution in [0.25, 0.3) is 0 Å². The van der Waals surface area contributed by atoms with E-state index in [1.54, 1.807) is 18.2 Å². The van der Waals surface area contributed by atoms with Crippen LogP contribution in [-0.4, -0.2) is 84.1 Å². The third-order valence-corrected chi connectivity index (χ3v) is 5.45. The number of carbonyl (C=O) groups is 4. The van der Waals surface area contributed by atoms with E-state index in [0.29, 0.717) is 19.4 Å². The molecule has 0 bridgehead atoms. The first-order valence-corrected chi connectivity index (χ1v) is 12.2. The van der Waals surface area contributed by atoms with Gasteiger partial charge in [0.15, 0.2) is 5.96 Å². The molecule has 14 heteroatoms. The molecule has 1 heterocycles. The van der Waals surface area contributed by atoms with Gasteiger partial charge in [-0.25, -0.2) is 9.59 Å². The number of benzene rings is 1. The molecule has 4 unspecified atom stereocenters. The minimum Gasteiger partial charge on any atom is -0.449 e. The van der Waals surface area contributed by atoms with Crippen LogP contribution in [0, 0.1) is 11.3 Å². The van der Waals surface area contributed by atoms with E-state index < -0.39 is 55.0 Å². The summed E-state index contributed by atoms with van der Waals surface area (Å²) in [5.74, 6) is -1.49. The topological polar surface area (TPSA) is 205 Å². The predicted molar refractivity (Wildman–Crippen MR) is 135 cm³/mol. The maximum Gasteiger partial charge on any atom is 0.513 e. The molecule has 2 rings (SSSR count). The van der Waals surface area contributed by atoms with Crippen LogP contribution in [0.15, 0.2) is 30.3 Å². The Morgan fingerprint density at radius 2 is 1.76 bits per heavy atom. The van der Waals surface area contributed by atoms with Crippen LogP contribution < -0.4 is 26.4 Å². The predicted octanol–water partition coefficient (Wildman–Crippen LogP) is 0.250. The number of para-hydroxylation sites is 1. The van der Waals surface area contributed by atoms with Crippen LogP contribution >= 0.6 is 0 Å². The number of piperidine rings is 1. The minimum atomic E-state index is -1.40. The molecule has 7 N–H and O–H groups in total. The van der Waals surface area contributed by atoms with Gasteiger partial charge in [0.05, 0.1) is 12.6 Å². The molecular weight excluding hydrogens is 500 g/mol. The van der Waals surface area contributed by atoms with E-state index in [4.69, 9.17) is 25.4 Å². The molecule has 38 heavy (non-hydrogen) atoms. The van der Waals surface area contributed by atoms with E-state index in [9.17, 15) is 24.3 Å². The Labute approximate surface area is 220 Å². The number of aliphatic hydroxyl groups excluding tert-OH is 1. The number of nitrogens with two attached hydrogens (primary N) is 1. The highest BCUT2D eigenvalue weighted by Gasteiger charge is 2.33. The van der Waals surface area contributed by atoms with E-state index in [1.807, 2.05) is 13.8 Å². The third kappa shape index (κ3) is 9.76. The average Bonchev–Trinajstić information content (AvgIpc) is 2.86. The first-order chi connectivity index (χ1) is 18.0. The fraction of sp³-hybridized carbons (Fsp3) is 0.542. The van der Waals surface area contributed by atoms with Gasteiger partial charge in [0, 0.05) is 6.54 Å². The van der Waals surface area contributed by atoms with E-state index in [-0.39, 0.29) is 24.2 Å². The van der Waals surface area contributed by atoms with Crippen molar-refractivity contribution in [1.29, 1.82) is 5.41 Å². The number of nitrogens with zero attached hydrogens (tertiary/aromatic N) is 1. The van der Waals surface area contributed by atoms with Crippen LogP contribution in [0.1, 0.15) is 33.6 Å². The zero-order valence-electron chi connectivity index (χ0n) is 21.6. The second kappa shape index (κ2) is 14.6. The number of alkyl carbamates (subject to hydrolysis) is 1. The Balaban J connectivity index is 1.98. The van der Waals surface area contributed by atoms with Crippen molar-refractivity contribution in [2.45, 2.75) is 58.0 Å². The number of ether oxygens (including phenoxy) is 3. The molecule has 3 amide bonds. The molecule has 0 spiro atoms. The summed E-state index contributed by atoms with van der Waals surface area (Å²) in [6.45, 7) is 4.94. The highest BCUT2D eigenvalue weighted by atomic mass is 16.7. The second-order valence-electron chi connectivity index (χ2n) is 9.15. The van der Waals surface area contributed by atoms with E-state index in [2.05, 4.69) is 16.0 Å². The molecule has 1 aliphatic heterocycles. The number of hydrogen-bond donors (Lipinski definition) is 6. The third-order valence-electron chi connectivity index (χ3n) is 5.45. The van der Waals surface area contributed by atoms with Crippen molar-refractivity contribution in [3.05, 3.63) is 30.3 Å². The lowest BCUT2D eigenvalue weighted by atomic mass is 10.0. The summed E-state index contributed by atoms with van der Waals surface area (Å²) in [6, 6.07) is 4.91. The molecule has 0 aromatic heterocycles. The molecule has 1 aromatic carbocycles. The molecular formula is C24H36N6O8. The lowest BCUT2D eigenvalue weighted by Crippen LogP contribution is -2.61. The van der Waals surface area contributed by atoms with Gasteiger partial charge in [0.25, 0.3) is 0 Å². The molecule has 0 radical (unpaired) electrons. The summed E-state index contributed by atoms with van der Waals surface area (Å²) >= 11 is 0. The van der Waals surface area contributed by atoms with Crippen molar-refractivity contribution in [3.8, 4) is 5.75 Å². The van der Waals surface area contributed by atoms with E-state index >= 15 is 0 Å². The lowest BCUT2D eigenvalue weighted by Gasteiger charge is -2.38. The smallest absolute Gasteiger partial charge is 0.449 e. The number of guanidine groups is 1. The molecule has 0 saturated carbocycles. The number of amides is 3. The van der Waals surface area contributed by atoms with Crippen molar-refractivity contribution in [2.75, 3.05) is 19.8 Å². The fourth-order valence-electron chi connectivity index (χ4n) is 3.45. The first-order valence-electron chi connectivity index (χ1n) is 12.2. The van der Waals surface area contributed by atoms with Crippen LogP contribution in [-0.2, 0) is 19.1 Å². The monoisotopic (exact) mass is 536 g/mol. The summed E-state index contributed by atoms with van der Waals surface area (Å²) in [4.78, 5) is 51.1. The van der Waals surface area contributed by atoms with Crippen molar-refractivity contribution in [2.24, 2.45) is 11.7 Å². The lowest BCUT2D eigenvalue weighted by molar-refractivity contribution is -0.131. The number of likely N-dealkylation sites (tertiary alicyclic amines) is 1. The molecule has 1 aliphatic rings. The first kappa shape index (κ1) is 30.2. The molecule has 4 atom stereocenters. The number of nitrogens with one attached hydrogen (secondary N) is 4. The average molecular weight is 537 g/mol. The SMILES string of the molecule is CC(C)COC(=O)NC(COC(=O)Oc1ccccc1)C(=O)NC(C)C(=O)NC1CCCN(C(=N)N)C1O. The number of rotatable bonds is 10. The fourth-order valence-corrected chi connectivity index (χ4v) is 3.45. The van der Waals surface area contributed by atoms with Crippen LogP contribution in [0.5, 0.6) is 5.75 Å². The van der Waals surface area contributed by atoms with Crippen LogP contribution in [0.2, 0.25) is 0 Å². The van der Waals surface area contributed by atoms with Crippen molar-refractivity contribution in [1.82, 2.24) is 20.9 Å². The van der Waals surface area contributed by atoms with Gasteiger partial charge in [-0.05, 0) is 37.8 Å². The highest BCUT2D eigenvalue weighted by Crippen LogP contribution is 2.15. The van der Waals surface area contributed by atoms with Gasteiger partial charge in [-0.15, -0.1) is 0 Å². The zero-order chi connectivity index (χ0) is 28.2. The zero-order valence-corrected chi connectivity index (χ0v) is 21.6. The maximum absolute atomic E-state index is 12.9. The normalized spacial score (nSPS) is 18.5. The van der Waals surface area contributed by atoms with Gasteiger partial charge in [-0.3, -0.25) is 15.0 Å². The Hall–Kier alpha value is -4.07. The summed E-state index contributed by atoms with van der Waals surface area (Å²) in [6.07, 6.45) is -2.17. The van der Waals surface area contributed by atoms with Gasteiger partial charge in [0.1, 0.15) is 30.7 Å². The van der Waals surface area contributed by atoms with Crippen molar-refractivity contribution >= 4 is 30.0 Å². The summed E-state index contributed by atoms with van der Waals surface area (Å²) < 4.78 is 15.1. The Morgan fingerprint density at radius 1 is 1.08 bits per heavy atom. The van der Waals surface area contributed by atoms with Gasteiger partial charge < -0.3 is 45.9 Å². The van der Waals surface area contributed by atoms with Crippen LogP contribution in [0.3, 0.4) is 0 Å². The molecule has 210 valence electrons. The maximum atomic E-state index is 12.9. The van der Waals surface area contributed by atoms with E-state index in [0.717, 1.165) is 0 Å². The molecule has 1 aromatic rings. The van der Waals surface area contributed by atoms with Gasteiger partial charge >= 0.3 is 12.2 Å². The van der Waals surface area contributed by atoms with E-state index in [1.165, 1.54) is 24.0 Å². The van der Waals surface area contributed by atoms with Gasteiger partial charge in [0.2, 0.25) is 11.8 Å². The Kier molecular flexibility index (Phi) is 11.6. The van der Waals surface area contributed by atoms with Gasteiger partial charge in [-0.1, -0.05) is 32.0 Å². The number of aliphatic hydroxyl groups is 1. The summed E-state index contributed by atoms with van der Waals surface area (Å²) in [5, 5.41) is 25.3. The van der Waals surface area contributed by atoms with Gasteiger partial charge in [-0.2, -0.15) is 0 Å². The number of hydrogen-bond acceptors (Lipinski definition) is 9. The Morgan fingerprint density at radius 3 is 2.39 bits per heavy atom. The summed E-state index contributed by atoms with van der Waals surface area (Å²) in [5.41, 5.74) is 5.47.